The van der Waals surface area contributed by atoms with E-state index in [4.69, 9.17) is 18.9 Å². The predicted octanol–water partition coefficient (Wildman–Crippen LogP) is 4.09. The Labute approximate surface area is 172 Å². The van der Waals surface area contributed by atoms with Crippen LogP contribution < -0.4 is 9.47 Å². The van der Waals surface area contributed by atoms with Crippen LogP contribution in [-0.2, 0) is 19.1 Å². The molecule has 1 aromatic rings. The SMILES string of the molecule is COc1cc([C@@H]2OC[C@]3(COC(C)=O)[C@H](C)C=C(C)[C@H]2[C@@H]3C)ccc1OC(C)=O. The van der Waals surface area contributed by atoms with Crippen molar-refractivity contribution in [1.29, 1.82) is 0 Å². The molecule has 0 unspecified atom stereocenters. The van der Waals surface area contributed by atoms with Crippen LogP contribution in [0, 0.1) is 23.2 Å². The van der Waals surface area contributed by atoms with Gasteiger partial charge < -0.3 is 18.9 Å². The lowest BCUT2D eigenvalue weighted by atomic mass is 9.56. The van der Waals surface area contributed by atoms with Gasteiger partial charge in [-0.1, -0.05) is 31.6 Å². The molecule has 0 saturated carbocycles. The van der Waals surface area contributed by atoms with E-state index in [0.717, 1.165) is 5.56 Å². The maximum Gasteiger partial charge on any atom is 0.308 e. The second-order valence-corrected chi connectivity index (χ2v) is 8.26. The fourth-order valence-corrected chi connectivity index (χ4v) is 4.89. The number of hydrogen-bond donors (Lipinski definition) is 0. The van der Waals surface area contributed by atoms with Gasteiger partial charge in [0.2, 0.25) is 0 Å². The van der Waals surface area contributed by atoms with Crippen molar-refractivity contribution in [2.75, 3.05) is 20.3 Å². The summed E-state index contributed by atoms with van der Waals surface area (Å²) in [6.45, 7) is 10.2. The second-order valence-electron chi connectivity index (χ2n) is 8.26. The fourth-order valence-electron chi connectivity index (χ4n) is 4.89. The van der Waals surface area contributed by atoms with E-state index in [1.54, 1.807) is 13.2 Å². The highest BCUT2D eigenvalue weighted by atomic mass is 16.6. The summed E-state index contributed by atoms with van der Waals surface area (Å²) in [5.74, 6) is 0.885. The third-order valence-corrected chi connectivity index (χ3v) is 6.56. The Morgan fingerprint density at radius 2 is 1.90 bits per heavy atom. The lowest BCUT2D eigenvalue weighted by Crippen LogP contribution is -2.54. The molecule has 2 aliphatic rings. The zero-order valence-corrected chi connectivity index (χ0v) is 18.0. The summed E-state index contributed by atoms with van der Waals surface area (Å²) in [7, 11) is 1.55. The van der Waals surface area contributed by atoms with Gasteiger partial charge in [0.1, 0.15) is 0 Å². The third kappa shape index (κ3) is 3.90. The van der Waals surface area contributed by atoms with Crippen LogP contribution in [0.4, 0.5) is 0 Å². The van der Waals surface area contributed by atoms with E-state index in [9.17, 15) is 9.59 Å². The van der Waals surface area contributed by atoms with Gasteiger partial charge in [-0.3, -0.25) is 9.59 Å². The second kappa shape index (κ2) is 8.19. The maximum absolute atomic E-state index is 11.5. The third-order valence-electron chi connectivity index (χ3n) is 6.56. The minimum Gasteiger partial charge on any atom is -0.493 e. The van der Waals surface area contributed by atoms with Crippen LogP contribution in [-0.4, -0.2) is 32.3 Å². The summed E-state index contributed by atoms with van der Waals surface area (Å²) in [6.07, 6.45) is 2.13. The molecule has 3 rings (SSSR count). The number of hydrogen-bond acceptors (Lipinski definition) is 6. The summed E-state index contributed by atoms with van der Waals surface area (Å²) in [5.41, 5.74) is 2.00. The molecule has 1 aliphatic carbocycles. The van der Waals surface area contributed by atoms with Gasteiger partial charge in [0.25, 0.3) is 0 Å². The topological polar surface area (TPSA) is 71.1 Å². The van der Waals surface area contributed by atoms with Crippen LogP contribution in [0.25, 0.3) is 0 Å². The number of ether oxygens (including phenoxy) is 4. The Balaban J connectivity index is 1.95. The molecular weight excluding hydrogens is 372 g/mol. The molecule has 158 valence electrons. The molecular formula is C23H30O6. The minimum absolute atomic E-state index is 0.153. The highest BCUT2D eigenvalue weighted by molar-refractivity contribution is 5.70. The number of methoxy groups -OCH3 is 1. The Morgan fingerprint density at radius 1 is 1.17 bits per heavy atom. The molecule has 1 aliphatic heterocycles. The van der Waals surface area contributed by atoms with Crippen LogP contribution in [0.5, 0.6) is 11.5 Å². The van der Waals surface area contributed by atoms with Gasteiger partial charge in [0.15, 0.2) is 11.5 Å². The molecule has 1 heterocycles. The highest BCUT2D eigenvalue weighted by Gasteiger charge is 2.54. The lowest BCUT2D eigenvalue weighted by Gasteiger charge is -2.55. The van der Waals surface area contributed by atoms with Gasteiger partial charge in [-0.15, -0.1) is 0 Å². The lowest BCUT2D eigenvalue weighted by molar-refractivity contribution is -0.180. The zero-order chi connectivity index (χ0) is 21.3. The standard InChI is InChI=1S/C23H30O6/c1-13-9-14(2)23(11-27-16(4)24)12-28-22(21(13)15(23)3)18-7-8-19(29-17(5)25)20(10-18)26-6/h7-10,14-15,21-22H,11-12H2,1-6H3/t14-,15+,21+,22+,23-/m1/s1. The number of esters is 2. The van der Waals surface area contributed by atoms with Gasteiger partial charge in [-0.05, 0) is 36.5 Å². The summed E-state index contributed by atoms with van der Waals surface area (Å²) < 4.78 is 22.5. The molecule has 0 radical (unpaired) electrons. The Morgan fingerprint density at radius 3 is 2.52 bits per heavy atom. The smallest absolute Gasteiger partial charge is 0.308 e. The van der Waals surface area contributed by atoms with E-state index in [0.29, 0.717) is 24.7 Å². The largest absolute Gasteiger partial charge is 0.493 e. The number of fused-ring (bicyclic) bond motifs is 2. The average molecular weight is 402 g/mol. The fraction of sp³-hybridized carbons (Fsp3) is 0.565. The Hall–Kier alpha value is -2.34. The van der Waals surface area contributed by atoms with Crippen molar-refractivity contribution < 1.29 is 28.5 Å². The van der Waals surface area contributed by atoms with E-state index in [1.165, 1.54) is 19.4 Å². The zero-order valence-electron chi connectivity index (χ0n) is 18.0. The first-order valence-corrected chi connectivity index (χ1v) is 9.99. The summed E-state index contributed by atoms with van der Waals surface area (Å²) in [6, 6.07) is 5.54. The van der Waals surface area contributed by atoms with Crippen LogP contribution in [0.1, 0.15) is 46.3 Å². The molecule has 0 amide bonds. The molecule has 6 nitrogen and oxygen atoms in total. The van der Waals surface area contributed by atoms with Gasteiger partial charge in [-0.2, -0.15) is 0 Å². The van der Waals surface area contributed by atoms with Crippen molar-refractivity contribution in [2.45, 2.75) is 40.7 Å². The van der Waals surface area contributed by atoms with Crippen molar-refractivity contribution in [3.8, 4) is 11.5 Å². The van der Waals surface area contributed by atoms with Crippen molar-refractivity contribution in [3.05, 3.63) is 35.4 Å². The molecule has 6 heteroatoms. The Kier molecular flexibility index (Phi) is 6.03. The van der Waals surface area contributed by atoms with E-state index < -0.39 is 5.97 Å². The number of allylic oxidation sites excluding steroid dienone is 1. The van der Waals surface area contributed by atoms with E-state index >= 15 is 0 Å². The van der Waals surface area contributed by atoms with Crippen molar-refractivity contribution in [3.63, 3.8) is 0 Å². The molecule has 0 spiro atoms. The first-order chi connectivity index (χ1) is 13.7. The van der Waals surface area contributed by atoms with Crippen molar-refractivity contribution in [1.82, 2.24) is 0 Å². The molecule has 0 aromatic heterocycles. The van der Waals surface area contributed by atoms with E-state index in [2.05, 4.69) is 26.8 Å². The normalized spacial score (nSPS) is 30.9. The summed E-state index contributed by atoms with van der Waals surface area (Å²) in [4.78, 5) is 22.8. The van der Waals surface area contributed by atoms with Crippen LogP contribution in [0.2, 0.25) is 0 Å². The molecule has 1 aromatic carbocycles. The quantitative estimate of drug-likeness (QED) is 0.420. The molecule has 5 atom stereocenters. The van der Waals surface area contributed by atoms with E-state index in [1.807, 2.05) is 12.1 Å². The van der Waals surface area contributed by atoms with Crippen LogP contribution >= 0.6 is 0 Å². The van der Waals surface area contributed by atoms with Crippen molar-refractivity contribution in [2.24, 2.45) is 23.2 Å². The first-order valence-electron chi connectivity index (χ1n) is 9.99. The van der Waals surface area contributed by atoms with Gasteiger partial charge in [0, 0.05) is 25.2 Å². The average Bonchev–Trinajstić information content (AvgIpc) is 2.65. The monoisotopic (exact) mass is 402 g/mol. The van der Waals surface area contributed by atoms with Crippen LogP contribution in [0.15, 0.2) is 29.8 Å². The van der Waals surface area contributed by atoms with E-state index in [-0.39, 0.29) is 35.2 Å². The summed E-state index contributed by atoms with van der Waals surface area (Å²) >= 11 is 0. The number of benzene rings is 1. The van der Waals surface area contributed by atoms with Crippen molar-refractivity contribution >= 4 is 11.9 Å². The highest BCUT2D eigenvalue weighted by Crippen LogP contribution is 2.56. The maximum atomic E-state index is 11.5. The minimum atomic E-state index is -0.395. The van der Waals surface area contributed by atoms with Gasteiger partial charge >= 0.3 is 11.9 Å². The molecule has 1 fully saturated rings. The molecule has 2 bridgehead atoms. The molecule has 1 saturated heterocycles. The van der Waals surface area contributed by atoms with Gasteiger partial charge in [0.05, 0.1) is 26.4 Å². The number of carbonyl (C=O) groups is 2. The number of carbonyl (C=O) groups excluding carboxylic acids is 2. The van der Waals surface area contributed by atoms with Crippen LogP contribution in [0.3, 0.4) is 0 Å². The van der Waals surface area contributed by atoms with Gasteiger partial charge in [-0.25, -0.2) is 0 Å². The Bertz CT molecular complexity index is 829. The number of rotatable bonds is 5. The summed E-state index contributed by atoms with van der Waals surface area (Å²) in [5, 5.41) is 0. The predicted molar refractivity (Wildman–Crippen MR) is 108 cm³/mol. The molecule has 0 N–H and O–H groups in total. The molecule has 29 heavy (non-hydrogen) atoms. The first kappa shape index (κ1) is 21.4.